The minimum absolute atomic E-state index is 0.00267. The van der Waals surface area contributed by atoms with E-state index in [2.05, 4.69) is 12.2 Å². The van der Waals surface area contributed by atoms with E-state index in [1.54, 1.807) is 4.90 Å². The molecule has 2 aliphatic heterocycles. The molecule has 2 amide bonds. The third kappa shape index (κ3) is 2.80. The highest BCUT2D eigenvalue weighted by molar-refractivity contribution is 5.88. The van der Waals surface area contributed by atoms with Gasteiger partial charge in [0.15, 0.2) is 0 Å². The Kier molecular flexibility index (Phi) is 3.95. The number of likely N-dealkylation sites (tertiary alicyclic amines) is 1. The van der Waals surface area contributed by atoms with Crippen LogP contribution in [0.5, 0.6) is 0 Å². The van der Waals surface area contributed by atoms with Crippen LogP contribution in [0.15, 0.2) is 0 Å². The number of carbonyl (C=O) groups is 2. The second kappa shape index (κ2) is 5.59. The van der Waals surface area contributed by atoms with E-state index in [0.29, 0.717) is 44.3 Å². The Balaban J connectivity index is 1.53. The van der Waals surface area contributed by atoms with Crippen LogP contribution in [0.1, 0.15) is 45.4 Å². The molecule has 1 saturated carbocycles. The number of carbonyl (C=O) groups excluding carboxylic acids is 2. The first-order valence-electron chi connectivity index (χ1n) is 8.24. The lowest BCUT2D eigenvalue weighted by atomic mass is 9.71. The highest BCUT2D eigenvalue weighted by Crippen LogP contribution is 2.39. The Morgan fingerprint density at radius 1 is 1.38 bits per heavy atom. The summed E-state index contributed by atoms with van der Waals surface area (Å²) >= 11 is 0. The molecular formula is C16H26N2O3. The molecule has 3 aliphatic rings. The SMILES string of the molecule is CC1CCCCC1CC(=O)N1CC2(CC(O)CNC2=O)C1. The Morgan fingerprint density at radius 2 is 2.10 bits per heavy atom. The highest BCUT2D eigenvalue weighted by atomic mass is 16.3. The average molecular weight is 294 g/mol. The highest BCUT2D eigenvalue weighted by Gasteiger charge is 2.53. The predicted molar refractivity (Wildman–Crippen MR) is 78.4 cm³/mol. The van der Waals surface area contributed by atoms with Gasteiger partial charge in [0, 0.05) is 26.1 Å². The summed E-state index contributed by atoms with van der Waals surface area (Å²) in [4.78, 5) is 26.2. The molecule has 5 heteroatoms. The van der Waals surface area contributed by atoms with Crippen molar-refractivity contribution in [2.75, 3.05) is 19.6 Å². The Hall–Kier alpha value is -1.10. The van der Waals surface area contributed by atoms with E-state index < -0.39 is 11.5 Å². The van der Waals surface area contributed by atoms with Gasteiger partial charge in [-0.1, -0.05) is 26.2 Å². The van der Waals surface area contributed by atoms with Crippen molar-refractivity contribution in [2.45, 2.75) is 51.6 Å². The maximum atomic E-state index is 12.4. The summed E-state index contributed by atoms with van der Waals surface area (Å²) in [5.74, 6) is 1.33. The third-order valence-electron chi connectivity index (χ3n) is 5.67. The molecule has 0 aromatic rings. The first-order chi connectivity index (χ1) is 10.00. The van der Waals surface area contributed by atoms with Crippen LogP contribution in [0, 0.1) is 17.3 Å². The molecule has 2 heterocycles. The molecule has 0 bridgehead atoms. The number of β-amino-alcohol motifs (C(OH)–C–C–N with tert-alkyl or cyclic N) is 1. The van der Waals surface area contributed by atoms with Gasteiger partial charge in [-0.15, -0.1) is 0 Å². The van der Waals surface area contributed by atoms with E-state index in [4.69, 9.17) is 0 Å². The average Bonchev–Trinajstić information content (AvgIpc) is 2.41. The maximum Gasteiger partial charge on any atom is 0.230 e. The number of aliphatic hydroxyl groups excluding tert-OH is 1. The number of amides is 2. The molecule has 0 aromatic carbocycles. The van der Waals surface area contributed by atoms with Crippen LogP contribution in [-0.2, 0) is 9.59 Å². The third-order valence-corrected chi connectivity index (χ3v) is 5.67. The van der Waals surface area contributed by atoms with Crippen molar-refractivity contribution < 1.29 is 14.7 Å². The van der Waals surface area contributed by atoms with E-state index in [0.717, 1.165) is 6.42 Å². The topological polar surface area (TPSA) is 69.6 Å². The number of nitrogens with one attached hydrogen (secondary N) is 1. The molecule has 21 heavy (non-hydrogen) atoms. The molecule has 5 nitrogen and oxygen atoms in total. The molecule has 118 valence electrons. The smallest absolute Gasteiger partial charge is 0.230 e. The van der Waals surface area contributed by atoms with Crippen LogP contribution < -0.4 is 5.32 Å². The summed E-state index contributed by atoms with van der Waals surface area (Å²) in [5, 5.41) is 12.5. The molecule has 0 radical (unpaired) electrons. The van der Waals surface area contributed by atoms with E-state index in [-0.39, 0.29) is 11.8 Å². The largest absolute Gasteiger partial charge is 0.391 e. The summed E-state index contributed by atoms with van der Waals surface area (Å²) in [7, 11) is 0. The zero-order valence-corrected chi connectivity index (χ0v) is 12.8. The first-order valence-corrected chi connectivity index (χ1v) is 8.24. The molecule has 2 saturated heterocycles. The minimum atomic E-state index is -0.522. The molecule has 3 atom stereocenters. The van der Waals surface area contributed by atoms with Crippen LogP contribution in [0.4, 0.5) is 0 Å². The zero-order chi connectivity index (χ0) is 15.0. The van der Waals surface area contributed by atoms with Gasteiger partial charge in [-0.2, -0.15) is 0 Å². The second-order valence-electron chi connectivity index (χ2n) is 7.32. The van der Waals surface area contributed by atoms with Gasteiger partial charge < -0.3 is 15.3 Å². The van der Waals surface area contributed by atoms with Gasteiger partial charge in [0.1, 0.15) is 0 Å². The van der Waals surface area contributed by atoms with Crippen LogP contribution in [0.25, 0.3) is 0 Å². The van der Waals surface area contributed by atoms with Gasteiger partial charge in [-0.3, -0.25) is 9.59 Å². The molecule has 1 aliphatic carbocycles. The monoisotopic (exact) mass is 294 g/mol. The summed E-state index contributed by atoms with van der Waals surface area (Å²) in [5.41, 5.74) is -0.522. The molecule has 3 unspecified atom stereocenters. The fourth-order valence-electron chi connectivity index (χ4n) is 4.20. The fraction of sp³-hybridized carbons (Fsp3) is 0.875. The predicted octanol–water partition coefficient (Wildman–Crippen LogP) is 0.912. The van der Waals surface area contributed by atoms with Gasteiger partial charge in [0.2, 0.25) is 11.8 Å². The summed E-state index contributed by atoms with van der Waals surface area (Å²) in [6, 6.07) is 0. The number of hydrogen-bond acceptors (Lipinski definition) is 3. The van der Waals surface area contributed by atoms with E-state index >= 15 is 0 Å². The quantitative estimate of drug-likeness (QED) is 0.795. The lowest BCUT2D eigenvalue weighted by Gasteiger charge is -2.52. The van der Waals surface area contributed by atoms with Gasteiger partial charge in [-0.25, -0.2) is 0 Å². The first kappa shape index (κ1) is 14.8. The van der Waals surface area contributed by atoms with E-state index in [1.807, 2.05) is 0 Å². The lowest BCUT2D eigenvalue weighted by molar-refractivity contribution is -0.161. The number of piperidine rings is 1. The number of rotatable bonds is 2. The lowest BCUT2D eigenvalue weighted by Crippen LogP contribution is -2.68. The van der Waals surface area contributed by atoms with Crippen LogP contribution in [0.3, 0.4) is 0 Å². The van der Waals surface area contributed by atoms with Crippen molar-refractivity contribution in [3.8, 4) is 0 Å². The molecular weight excluding hydrogens is 268 g/mol. The van der Waals surface area contributed by atoms with Crippen molar-refractivity contribution >= 4 is 11.8 Å². The van der Waals surface area contributed by atoms with E-state index in [9.17, 15) is 14.7 Å². The number of aliphatic hydroxyl groups is 1. The number of nitrogens with zero attached hydrogens (tertiary/aromatic N) is 1. The summed E-state index contributed by atoms with van der Waals surface area (Å²) in [6.45, 7) is 3.55. The summed E-state index contributed by atoms with van der Waals surface area (Å²) < 4.78 is 0. The normalized spacial score (nSPS) is 35.2. The Labute approximate surface area is 126 Å². The van der Waals surface area contributed by atoms with Crippen molar-refractivity contribution in [3.63, 3.8) is 0 Å². The van der Waals surface area contributed by atoms with Gasteiger partial charge in [0.05, 0.1) is 11.5 Å². The Bertz CT molecular complexity index is 431. The maximum absolute atomic E-state index is 12.4. The second-order valence-corrected chi connectivity index (χ2v) is 7.32. The van der Waals surface area contributed by atoms with Crippen molar-refractivity contribution in [1.82, 2.24) is 10.2 Å². The molecule has 2 N–H and O–H groups in total. The number of hydrogen-bond donors (Lipinski definition) is 2. The van der Waals surface area contributed by atoms with Crippen LogP contribution in [-0.4, -0.2) is 47.6 Å². The minimum Gasteiger partial charge on any atom is -0.391 e. The van der Waals surface area contributed by atoms with Crippen LogP contribution >= 0.6 is 0 Å². The van der Waals surface area contributed by atoms with Crippen LogP contribution in [0.2, 0.25) is 0 Å². The van der Waals surface area contributed by atoms with Gasteiger partial charge in [0.25, 0.3) is 0 Å². The Morgan fingerprint density at radius 3 is 2.81 bits per heavy atom. The molecule has 3 rings (SSSR count). The molecule has 1 spiro atoms. The van der Waals surface area contributed by atoms with E-state index in [1.165, 1.54) is 19.3 Å². The van der Waals surface area contributed by atoms with Crippen molar-refractivity contribution in [2.24, 2.45) is 17.3 Å². The van der Waals surface area contributed by atoms with Crippen molar-refractivity contribution in [3.05, 3.63) is 0 Å². The van der Waals surface area contributed by atoms with Crippen molar-refractivity contribution in [1.29, 1.82) is 0 Å². The zero-order valence-electron chi connectivity index (χ0n) is 12.8. The summed E-state index contributed by atoms with van der Waals surface area (Å²) in [6.07, 6.45) is 5.56. The molecule has 3 fully saturated rings. The van der Waals surface area contributed by atoms with Gasteiger partial charge in [-0.05, 0) is 24.7 Å². The molecule has 0 aromatic heterocycles. The fourth-order valence-corrected chi connectivity index (χ4v) is 4.20. The standard InChI is InChI=1S/C16H26N2O3/c1-11-4-2-3-5-12(11)6-14(20)18-9-16(10-18)7-13(19)8-17-15(16)21/h11-13,19H,2-10H2,1H3,(H,17,21). The van der Waals surface area contributed by atoms with Gasteiger partial charge >= 0.3 is 0 Å².